The van der Waals surface area contributed by atoms with E-state index in [0.717, 1.165) is 43.6 Å². The standard InChI is InChI=1S/C37H34ClF3N6O3/c38-33-18-31(46-15-13-45(14-16-46)30-8-1-26(2-9-30)36(48)44-29-6-3-27(39)4-7-29)10-12-35(33)49-20-25-19-37(50-21-25,22-47-24-42-23-43-47)32-11-5-28(40)17-34(32)41/h1-12,17-18,23-25H,13-16,19-22H2,(H,44,48)/t25-,37+/m1/s1. The highest BCUT2D eigenvalue weighted by molar-refractivity contribution is 6.32. The maximum absolute atomic E-state index is 15.0. The SMILES string of the molecule is O=C(Nc1ccc(F)cc1)c1ccc(N2CCN(c3ccc(OC[C@@H]4CO[C@@](Cn5cncn5)(c5ccc(F)cc5F)C4)c(Cl)c3)CC2)cc1. The Hall–Kier alpha value is -5.07. The fourth-order valence-corrected chi connectivity index (χ4v) is 6.81. The van der Waals surface area contributed by atoms with E-state index in [1.807, 2.05) is 30.3 Å². The van der Waals surface area contributed by atoms with Gasteiger partial charge in [0.15, 0.2) is 0 Å². The summed E-state index contributed by atoms with van der Waals surface area (Å²) in [4.78, 5) is 21.1. The minimum atomic E-state index is -1.06. The number of hydrogen-bond donors (Lipinski definition) is 1. The zero-order valence-electron chi connectivity index (χ0n) is 26.9. The van der Waals surface area contributed by atoms with E-state index in [2.05, 4.69) is 25.2 Å². The molecule has 7 rings (SSSR count). The van der Waals surface area contributed by atoms with Gasteiger partial charge in [-0.05, 0) is 79.2 Å². The quantitative estimate of drug-likeness (QED) is 0.169. The van der Waals surface area contributed by atoms with Gasteiger partial charge in [-0.25, -0.2) is 22.8 Å². The van der Waals surface area contributed by atoms with Crippen LogP contribution in [-0.4, -0.2) is 60.1 Å². The van der Waals surface area contributed by atoms with Gasteiger partial charge in [0, 0.05) is 66.4 Å². The second-order valence-electron chi connectivity index (χ2n) is 12.5. The number of amides is 1. The Labute approximate surface area is 292 Å². The number of nitrogens with one attached hydrogen (secondary N) is 1. The van der Waals surface area contributed by atoms with Crippen LogP contribution in [0.5, 0.6) is 5.75 Å². The van der Waals surface area contributed by atoms with Gasteiger partial charge < -0.3 is 24.6 Å². The average Bonchev–Trinajstić information content (AvgIpc) is 3.79. The largest absolute Gasteiger partial charge is 0.492 e. The Morgan fingerprint density at radius 1 is 0.900 bits per heavy atom. The number of halogens is 4. The maximum atomic E-state index is 15.0. The normalized spacial score (nSPS) is 19.1. The predicted molar refractivity (Wildman–Crippen MR) is 184 cm³/mol. The molecule has 2 saturated heterocycles. The van der Waals surface area contributed by atoms with E-state index < -0.39 is 17.2 Å². The molecule has 4 aromatic carbocycles. The molecule has 258 valence electrons. The smallest absolute Gasteiger partial charge is 0.255 e. The number of ether oxygens (including phenoxy) is 2. The Morgan fingerprint density at radius 2 is 1.60 bits per heavy atom. The molecule has 0 spiro atoms. The number of benzene rings is 4. The molecule has 0 aliphatic carbocycles. The Kier molecular flexibility index (Phi) is 9.64. The third-order valence-electron chi connectivity index (χ3n) is 9.15. The van der Waals surface area contributed by atoms with Gasteiger partial charge in [-0.1, -0.05) is 17.7 Å². The molecule has 0 bridgehead atoms. The molecule has 0 unspecified atom stereocenters. The van der Waals surface area contributed by atoms with Crippen molar-refractivity contribution >= 4 is 34.6 Å². The molecule has 1 aromatic heterocycles. The summed E-state index contributed by atoms with van der Waals surface area (Å²) in [5.74, 6) is -1.48. The highest BCUT2D eigenvalue weighted by Crippen LogP contribution is 2.42. The molecule has 13 heteroatoms. The first-order valence-corrected chi connectivity index (χ1v) is 16.6. The lowest BCUT2D eigenvalue weighted by Gasteiger charge is -2.37. The first kappa shape index (κ1) is 33.4. The van der Waals surface area contributed by atoms with Crippen LogP contribution in [0.2, 0.25) is 5.02 Å². The van der Waals surface area contributed by atoms with E-state index in [4.69, 9.17) is 21.1 Å². The summed E-state index contributed by atoms with van der Waals surface area (Å²) < 4.78 is 55.8. The molecule has 50 heavy (non-hydrogen) atoms. The number of carbonyl (C=O) groups is 1. The lowest BCUT2D eigenvalue weighted by molar-refractivity contribution is -0.0206. The molecular weight excluding hydrogens is 669 g/mol. The van der Waals surface area contributed by atoms with Crippen LogP contribution in [0.25, 0.3) is 0 Å². The molecule has 3 heterocycles. The van der Waals surface area contributed by atoms with Crippen molar-refractivity contribution in [3.05, 3.63) is 131 Å². The van der Waals surface area contributed by atoms with Gasteiger partial charge in [-0.15, -0.1) is 0 Å². The summed E-state index contributed by atoms with van der Waals surface area (Å²) in [6.07, 6.45) is 3.37. The van der Waals surface area contributed by atoms with Crippen LogP contribution in [0.15, 0.2) is 97.6 Å². The van der Waals surface area contributed by atoms with Crippen molar-refractivity contribution in [1.29, 1.82) is 0 Å². The second kappa shape index (κ2) is 14.4. The van der Waals surface area contributed by atoms with Gasteiger partial charge in [0.05, 0.1) is 24.8 Å². The van der Waals surface area contributed by atoms with E-state index in [0.29, 0.717) is 41.7 Å². The first-order chi connectivity index (χ1) is 24.2. The van der Waals surface area contributed by atoms with Gasteiger partial charge in [0.2, 0.25) is 0 Å². The third-order valence-corrected chi connectivity index (χ3v) is 9.45. The monoisotopic (exact) mass is 702 g/mol. The summed E-state index contributed by atoms with van der Waals surface area (Å²) in [6, 6.07) is 22.4. The highest BCUT2D eigenvalue weighted by Gasteiger charge is 2.44. The van der Waals surface area contributed by atoms with Crippen molar-refractivity contribution in [2.75, 3.05) is 54.5 Å². The van der Waals surface area contributed by atoms with Crippen molar-refractivity contribution in [2.45, 2.75) is 18.6 Å². The molecule has 9 nitrogen and oxygen atoms in total. The van der Waals surface area contributed by atoms with E-state index in [1.54, 1.807) is 16.8 Å². The zero-order chi connectivity index (χ0) is 34.7. The van der Waals surface area contributed by atoms with E-state index in [9.17, 15) is 18.0 Å². The number of rotatable bonds is 10. The van der Waals surface area contributed by atoms with Crippen molar-refractivity contribution in [3.63, 3.8) is 0 Å². The first-order valence-electron chi connectivity index (χ1n) is 16.3. The summed E-state index contributed by atoms with van der Waals surface area (Å²) >= 11 is 6.69. The van der Waals surface area contributed by atoms with Crippen LogP contribution < -0.4 is 19.9 Å². The second-order valence-corrected chi connectivity index (χ2v) is 12.9. The van der Waals surface area contributed by atoms with Crippen LogP contribution in [0, 0.1) is 23.4 Å². The molecule has 0 radical (unpaired) electrons. The number of piperazine rings is 1. The predicted octanol–water partition coefficient (Wildman–Crippen LogP) is 6.94. The van der Waals surface area contributed by atoms with Crippen LogP contribution in [-0.2, 0) is 16.9 Å². The number of hydrogen-bond acceptors (Lipinski definition) is 7. The number of nitrogens with zero attached hydrogens (tertiary/aromatic N) is 5. The molecule has 1 amide bonds. The van der Waals surface area contributed by atoms with Crippen LogP contribution >= 0.6 is 11.6 Å². The van der Waals surface area contributed by atoms with Crippen molar-refractivity contribution in [1.82, 2.24) is 14.8 Å². The lowest BCUT2D eigenvalue weighted by atomic mass is 9.87. The van der Waals surface area contributed by atoms with Crippen molar-refractivity contribution in [2.24, 2.45) is 5.92 Å². The van der Waals surface area contributed by atoms with Crippen molar-refractivity contribution < 1.29 is 27.4 Å². The zero-order valence-corrected chi connectivity index (χ0v) is 27.7. The summed E-state index contributed by atoms with van der Waals surface area (Å²) in [5.41, 5.74) is 2.26. The Bertz CT molecular complexity index is 1940. The van der Waals surface area contributed by atoms with E-state index >= 15 is 0 Å². The molecule has 0 saturated carbocycles. The molecule has 5 aromatic rings. The minimum absolute atomic E-state index is 0.0787. The van der Waals surface area contributed by atoms with Gasteiger partial charge in [0.25, 0.3) is 5.91 Å². The summed E-state index contributed by atoms with van der Waals surface area (Å²) in [5, 5.41) is 7.43. The van der Waals surface area contributed by atoms with Gasteiger partial charge in [0.1, 0.15) is 41.5 Å². The Morgan fingerprint density at radius 3 is 2.28 bits per heavy atom. The molecule has 2 aliphatic heterocycles. The molecule has 2 atom stereocenters. The number of aromatic nitrogens is 3. The fourth-order valence-electron chi connectivity index (χ4n) is 6.58. The van der Waals surface area contributed by atoms with Crippen molar-refractivity contribution in [3.8, 4) is 5.75 Å². The van der Waals surface area contributed by atoms with Crippen LogP contribution in [0.1, 0.15) is 22.3 Å². The van der Waals surface area contributed by atoms with Crippen LogP contribution in [0.3, 0.4) is 0 Å². The lowest BCUT2D eigenvalue weighted by Crippen LogP contribution is -2.46. The average molecular weight is 703 g/mol. The van der Waals surface area contributed by atoms with Gasteiger partial charge >= 0.3 is 0 Å². The molecular formula is C37H34ClF3N6O3. The molecule has 2 fully saturated rings. The maximum Gasteiger partial charge on any atom is 0.255 e. The summed E-state index contributed by atoms with van der Waals surface area (Å²) in [6.45, 7) is 3.94. The van der Waals surface area contributed by atoms with E-state index in [-0.39, 0.29) is 29.8 Å². The molecule has 1 N–H and O–H groups in total. The van der Waals surface area contributed by atoms with Gasteiger partial charge in [-0.3, -0.25) is 4.79 Å². The summed E-state index contributed by atoms with van der Waals surface area (Å²) in [7, 11) is 0. The van der Waals surface area contributed by atoms with Gasteiger partial charge in [-0.2, -0.15) is 5.10 Å². The van der Waals surface area contributed by atoms with Crippen LogP contribution in [0.4, 0.5) is 30.2 Å². The number of anilines is 3. The fraction of sp³-hybridized carbons (Fsp3) is 0.270. The molecule has 2 aliphatic rings. The topological polar surface area (TPSA) is 84.8 Å². The Balaban J connectivity index is 0.927. The van der Waals surface area contributed by atoms with E-state index in [1.165, 1.54) is 49.1 Å². The third kappa shape index (κ3) is 7.41. The minimum Gasteiger partial charge on any atom is -0.492 e. The highest BCUT2D eigenvalue weighted by atomic mass is 35.5. The number of carbonyl (C=O) groups excluding carboxylic acids is 1.